The molecule has 1 aliphatic heterocycles. The highest BCUT2D eigenvalue weighted by Crippen LogP contribution is 2.30. The van der Waals surface area contributed by atoms with Crippen molar-refractivity contribution in [1.82, 2.24) is 4.98 Å². The molecule has 0 saturated carbocycles. The van der Waals surface area contributed by atoms with E-state index in [1.807, 2.05) is 12.3 Å². The summed E-state index contributed by atoms with van der Waals surface area (Å²) in [4.78, 5) is 55.6. The third kappa shape index (κ3) is 5.29. The van der Waals surface area contributed by atoms with Crippen LogP contribution < -0.4 is 15.5 Å². The first kappa shape index (κ1) is 25.1. The SMILES string of the molecule is Cc1csc(NC(=O)c2cccc(NC3=C(Cl)C(=O)N(c4ccc(C(=O)OC(C)C)cc4)C3=O)c2)n1. The van der Waals surface area contributed by atoms with Crippen molar-refractivity contribution in [2.45, 2.75) is 26.9 Å². The number of ether oxygens (including phenoxy) is 1. The first-order valence-electron chi connectivity index (χ1n) is 10.8. The molecular formula is C25H21ClN4O5S. The number of carbonyl (C=O) groups is 4. The normalized spacial score (nSPS) is 13.4. The Morgan fingerprint density at radius 1 is 1.06 bits per heavy atom. The Balaban J connectivity index is 1.49. The van der Waals surface area contributed by atoms with Gasteiger partial charge < -0.3 is 10.1 Å². The smallest absolute Gasteiger partial charge is 0.338 e. The number of rotatable bonds is 7. The number of halogens is 1. The second-order valence-corrected chi connectivity index (χ2v) is 9.33. The molecule has 2 aromatic carbocycles. The molecule has 1 aromatic heterocycles. The first-order valence-corrected chi connectivity index (χ1v) is 12.1. The summed E-state index contributed by atoms with van der Waals surface area (Å²) < 4.78 is 5.15. The Morgan fingerprint density at radius 3 is 2.42 bits per heavy atom. The minimum atomic E-state index is -0.713. The average molecular weight is 525 g/mol. The Hall–Kier alpha value is -4.02. The number of nitrogens with zero attached hydrogens (tertiary/aromatic N) is 2. The van der Waals surface area contributed by atoms with Crippen molar-refractivity contribution in [3.05, 3.63) is 81.5 Å². The molecule has 184 valence electrons. The number of esters is 1. The summed E-state index contributed by atoms with van der Waals surface area (Å²) in [6.07, 6.45) is -0.281. The van der Waals surface area contributed by atoms with Crippen LogP contribution in [0.1, 0.15) is 40.3 Å². The maximum atomic E-state index is 13.1. The molecule has 0 atom stereocenters. The number of hydrogen-bond acceptors (Lipinski definition) is 8. The molecule has 3 aromatic rings. The number of imide groups is 1. The zero-order chi connectivity index (χ0) is 26.0. The van der Waals surface area contributed by atoms with Crippen LogP contribution in [0.2, 0.25) is 0 Å². The number of benzene rings is 2. The summed E-state index contributed by atoms with van der Waals surface area (Å²) in [5.74, 6) is -2.27. The van der Waals surface area contributed by atoms with Gasteiger partial charge in [-0.2, -0.15) is 0 Å². The van der Waals surface area contributed by atoms with Crippen molar-refractivity contribution < 1.29 is 23.9 Å². The summed E-state index contributed by atoms with van der Waals surface area (Å²) >= 11 is 7.52. The van der Waals surface area contributed by atoms with Crippen molar-refractivity contribution in [3.8, 4) is 0 Å². The zero-order valence-corrected chi connectivity index (χ0v) is 21.1. The standard InChI is InChI=1S/C25H21ClN4O5S/c1-13(2)35-24(34)15-7-9-18(10-8-15)30-22(32)19(26)20(23(30)33)28-17-6-4-5-16(11-17)21(31)29-25-27-14(3)12-36-25/h4-13,28H,1-3H3,(H,27,29,31). The van der Waals surface area contributed by atoms with Crippen LogP contribution in [0.4, 0.5) is 16.5 Å². The quantitative estimate of drug-likeness (QED) is 0.339. The number of amides is 3. The van der Waals surface area contributed by atoms with Crippen LogP contribution in [-0.4, -0.2) is 34.8 Å². The van der Waals surface area contributed by atoms with E-state index in [1.54, 1.807) is 32.0 Å². The minimum Gasteiger partial charge on any atom is -0.459 e. The van der Waals surface area contributed by atoms with Crippen LogP contribution in [0.3, 0.4) is 0 Å². The van der Waals surface area contributed by atoms with E-state index < -0.39 is 17.8 Å². The monoisotopic (exact) mass is 524 g/mol. The molecule has 1 aliphatic rings. The maximum absolute atomic E-state index is 13.1. The molecule has 11 heteroatoms. The van der Waals surface area contributed by atoms with Crippen LogP contribution in [0, 0.1) is 6.92 Å². The Labute approximate surface area is 215 Å². The molecule has 0 aliphatic carbocycles. The lowest BCUT2D eigenvalue weighted by molar-refractivity contribution is -0.120. The van der Waals surface area contributed by atoms with Gasteiger partial charge in [0.2, 0.25) is 0 Å². The van der Waals surface area contributed by atoms with Crippen LogP contribution in [0.15, 0.2) is 64.6 Å². The van der Waals surface area contributed by atoms with E-state index in [2.05, 4.69) is 15.6 Å². The predicted octanol–water partition coefficient (Wildman–Crippen LogP) is 4.70. The summed E-state index contributed by atoms with van der Waals surface area (Å²) in [7, 11) is 0. The van der Waals surface area contributed by atoms with Crippen molar-refractivity contribution in [2.24, 2.45) is 0 Å². The highest BCUT2D eigenvalue weighted by molar-refractivity contribution is 7.13. The molecule has 3 amide bonds. The topological polar surface area (TPSA) is 118 Å². The van der Waals surface area contributed by atoms with Gasteiger partial charge in [0, 0.05) is 16.6 Å². The van der Waals surface area contributed by atoms with E-state index in [4.69, 9.17) is 16.3 Å². The molecular weight excluding hydrogens is 504 g/mol. The van der Waals surface area contributed by atoms with Crippen molar-refractivity contribution in [2.75, 3.05) is 15.5 Å². The average Bonchev–Trinajstić information content (AvgIpc) is 3.34. The molecule has 0 radical (unpaired) electrons. The van der Waals surface area contributed by atoms with Gasteiger partial charge >= 0.3 is 5.97 Å². The van der Waals surface area contributed by atoms with Gasteiger partial charge in [-0.1, -0.05) is 17.7 Å². The number of aryl methyl sites for hydroxylation is 1. The number of thiazole rings is 1. The maximum Gasteiger partial charge on any atom is 0.338 e. The second kappa shape index (κ2) is 10.3. The molecule has 2 N–H and O–H groups in total. The molecule has 9 nitrogen and oxygen atoms in total. The van der Waals surface area contributed by atoms with Gasteiger partial charge in [-0.05, 0) is 63.2 Å². The van der Waals surface area contributed by atoms with Crippen molar-refractivity contribution >= 4 is 63.1 Å². The molecule has 0 saturated heterocycles. The first-order chi connectivity index (χ1) is 17.1. The van der Waals surface area contributed by atoms with E-state index in [-0.39, 0.29) is 34.0 Å². The lowest BCUT2D eigenvalue weighted by Gasteiger charge is -2.16. The van der Waals surface area contributed by atoms with Gasteiger partial charge in [0.25, 0.3) is 17.7 Å². The van der Waals surface area contributed by atoms with Gasteiger partial charge in [-0.15, -0.1) is 11.3 Å². The van der Waals surface area contributed by atoms with Gasteiger partial charge in [0.1, 0.15) is 10.7 Å². The lowest BCUT2D eigenvalue weighted by atomic mass is 10.2. The van der Waals surface area contributed by atoms with Gasteiger partial charge in [-0.25, -0.2) is 14.7 Å². The van der Waals surface area contributed by atoms with E-state index >= 15 is 0 Å². The number of anilines is 3. The lowest BCUT2D eigenvalue weighted by Crippen LogP contribution is -2.32. The molecule has 0 bridgehead atoms. The highest BCUT2D eigenvalue weighted by Gasteiger charge is 2.39. The van der Waals surface area contributed by atoms with Crippen molar-refractivity contribution in [3.63, 3.8) is 0 Å². The highest BCUT2D eigenvalue weighted by atomic mass is 35.5. The summed E-state index contributed by atoms with van der Waals surface area (Å²) in [6, 6.07) is 12.3. The number of carbonyl (C=O) groups excluding carboxylic acids is 4. The van der Waals surface area contributed by atoms with Crippen LogP contribution >= 0.6 is 22.9 Å². The van der Waals surface area contributed by atoms with Crippen LogP contribution in [0.5, 0.6) is 0 Å². The second-order valence-electron chi connectivity index (χ2n) is 8.09. The third-order valence-electron chi connectivity index (χ3n) is 4.96. The molecule has 2 heterocycles. The molecule has 4 rings (SSSR count). The van der Waals surface area contributed by atoms with Crippen molar-refractivity contribution in [1.29, 1.82) is 0 Å². The fourth-order valence-corrected chi connectivity index (χ4v) is 4.23. The van der Waals surface area contributed by atoms with E-state index in [1.165, 1.54) is 41.7 Å². The summed E-state index contributed by atoms with van der Waals surface area (Å²) in [5.41, 5.74) is 1.91. The van der Waals surface area contributed by atoms with Gasteiger partial charge in [-0.3, -0.25) is 19.7 Å². The largest absolute Gasteiger partial charge is 0.459 e. The minimum absolute atomic E-state index is 0.127. The van der Waals surface area contributed by atoms with Crippen LogP contribution in [0.25, 0.3) is 0 Å². The predicted molar refractivity (Wildman–Crippen MR) is 137 cm³/mol. The summed E-state index contributed by atoms with van der Waals surface area (Å²) in [6.45, 7) is 5.30. The third-order valence-corrected chi connectivity index (χ3v) is 6.19. The Kier molecular flexibility index (Phi) is 7.18. The molecule has 0 fully saturated rings. The van der Waals surface area contributed by atoms with Gasteiger partial charge in [0.15, 0.2) is 5.13 Å². The Morgan fingerprint density at radius 2 is 1.78 bits per heavy atom. The number of hydrogen-bond donors (Lipinski definition) is 2. The zero-order valence-electron chi connectivity index (χ0n) is 19.5. The van der Waals surface area contributed by atoms with Crippen LogP contribution in [-0.2, 0) is 14.3 Å². The molecule has 0 spiro atoms. The number of nitrogens with one attached hydrogen (secondary N) is 2. The van der Waals surface area contributed by atoms with E-state index in [0.29, 0.717) is 16.4 Å². The molecule has 36 heavy (non-hydrogen) atoms. The number of aromatic nitrogens is 1. The fraction of sp³-hybridized carbons (Fsp3) is 0.160. The fourth-order valence-electron chi connectivity index (χ4n) is 3.34. The Bertz CT molecular complexity index is 1400. The summed E-state index contributed by atoms with van der Waals surface area (Å²) in [5, 5.41) is 7.57. The van der Waals surface area contributed by atoms with E-state index in [0.717, 1.165) is 10.6 Å². The van der Waals surface area contributed by atoms with Gasteiger partial charge in [0.05, 0.1) is 23.0 Å². The molecule has 0 unspecified atom stereocenters. The van der Waals surface area contributed by atoms with E-state index in [9.17, 15) is 19.2 Å².